The number of nitrogens with two attached hydrogens (primary N) is 1. The maximum Gasteiger partial charge on any atom is 0.433 e. The van der Waals surface area contributed by atoms with Crippen molar-refractivity contribution in [2.75, 3.05) is 13.7 Å². The number of alkyl halides is 3. The molecule has 6 heteroatoms. The van der Waals surface area contributed by atoms with Crippen molar-refractivity contribution in [1.29, 1.82) is 0 Å². The minimum atomic E-state index is -4.37. The minimum Gasteiger partial charge on any atom is -0.376 e. The van der Waals surface area contributed by atoms with E-state index in [-0.39, 0.29) is 6.61 Å². The van der Waals surface area contributed by atoms with E-state index in [2.05, 4.69) is 10.7 Å². The van der Waals surface area contributed by atoms with Crippen molar-refractivity contribution in [3.8, 4) is 0 Å². The summed E-state index contributed by atoms with van der Waals surface area (Å²) in [6.45, 7) is 0.807. The molecule has 2 N–H and O–H groups in total. The molecular formula is C10H13F3N2O. The van der Waals surface area contributed by atoms with Gasteiger partial charge in [0.15, 0.2) is 0 Å². The van der Waals surface area contributed by atoms with Crippen LogP contribution in [0.5, 0.6) is 0 Å². The average molecular weight is 234 g/mol. The Kier molecular flexibility index (Phi) is 4.26. The Labute approximate surface area is 91.4 Å². The summed E-state index contributed by atoms with van der Waals surface area (Å²) in [5.41, 5.74) is 5.10. The van der Waals surface area contributed by atoms with Crippen LogP contribution in [0.1, 0.15) is 16.8 Å². The molecular weight excluding hydrogens is 221 g/mol. The number of aromatic nitrogens is 1. The Balaban J connectivity index is 0.000000606. The summed E-state index contributed by atoms with van der Waals surface area (Å²) >= 11 is 0. The zero-order valence-corrected chi connectivity index (χ0v) is 8.84. The molecule has 90 valence electrons. The summed E-state index contributed by atoms with van der Waals surface area (Å²) in [6.07, 6.45) is -2.44. The molecule has 2 rings (SSSR count). The predicted octanol–water partition coefficient (Wildman–Crippen LogP) is 1.75. The number of ether oxygens (including phenoxy) is 1. The highest BCUT2D eigenvalue weighted by molar-refractivity contribution is 5.28. The molecule has 1 aliphatic heterocycles. The van der Waals surface area contributed by atoms with E-state index in [4.69, 9.17) is 4.74 Å². The molecule has 0 spiro atoms. The first-order chi connectivity index (χ1) is 7.57. The van der Waals surface area contributed by atoms with Crippen LogP contribution in [0.2, 0.25) is 0 Å². The van der Waals surface area contributed by atoms with Gasteiger partial charge in [0.2, 0.25) is 0 Å². The third-order valence-corrected chi connectivity index (χ3v) is 2.15. The van der Waals surface area contributed by atoms with E-state index in [0.717, 1.165) is 11.6 Å². The van der Waals surface area contributed by atoms with Crippen LogP contribution in [0.3, 0.4) is 0 Å². The van der Waals surface area contributed by atoms with Gasteiger partial charge in [-0.05, 0) is 30.7 Å². The van der Waals surface area contributed by atoms with Gasteiger partial charge in [0.05, 0.1) is 13.2 Å². The Morgan fingerprint density at radius 3 is 2.62 bits per heavy atom. The second kappa shape index (κ2) is 5.27. The Hall–Kier alpha value is -1.14. The summed E-state index contributed by atoms with van der Waals surface area (Å²) in [5, 5.41) is 0. The second-order valence-electron chi connectivity index (χ2n) is 3.14. The highest BCUT2D eigenvalue weighted by atomic mass is 19.4. The first-order valence-electron chi connectivity index (χ1n) is 4.78. The zero-order chi connectivity index (χ0) is 12.2. The summed E-state index contributed by atoms with van der Waals surface area (Å²) in [6, 6.07) is 1.06. The maximum atomic E-state index is 12.3. The lowest BCUT2D eigenvalue weighted by atomic mass is 10.1. The van der Waals surface area contributed by atoms with Crippen LogP contribution < -0.4 is 5.73 Å². The smallest absolute Gasteiger partial charge is 0.376 e. The average Bonchev–Trinajstić information content (AvgIpc) is 2.30. The molecule has 16 heavy (non-hydrogen) atoms. The molecule has 0 aliphatic carbocycles. The van der Waals surface area contributed by atoms with Gasteiger partial charge in [0.1, 0.15) is 5.69 Å². The third kappa shape index (κ3) is 2.93. The van der Waals surface area contributed by atoms with E-state index in [9.17, 15) is 13.2 Å². The molecule has 1 aliphatic rings. The number of hydrogen-bond acceptors (Lipinski definition) is 3. The van der Waals surface area contributed by atoms with Gasteiger partial charge < -0.3 is 10.5 Å². The van der Waals surface area contributed by atoms with E-state index < -0.39 is 11.9 Å². The fourth-order valence-electron chi connectivity index (χ4n) is 1.40. The van der Waals surface area contributed by atoms with Crippen molar-refractivity contribution >= 4 is 0 Å². The molecule has 0 amide bonds. The third-order valence-electron chi connectivity index (χ3n) is 2.15. The van der Waals surface area contributed by atoms with Gasteiger partial charge in [0, 0.05) is 6.20 Å². The molecule has 1 aromatic rings. The van der Waals surface area contributed by atoms with E-state index >= 15 is 0 Å². The van der Waals surface area contributed by atoms with Crippen molar-refractivity contribution < 1.29 is 17.9 Å². The number of pyridine rings is 1. The first kappa shape index (κ1) is 12.9. The summed E-state index contributed by atoms with van der Waals surface area (Å²) in [5.74, 6) is 0. The first-order valence-corrected chi connectivity index (χ1v) is 4.78. The van der Waals surface area contributed by atoms with Gasteiger partial charge in [-0.2, -0.15) is 13.2 Å². The highest BCUT2D eigenvalue weighted by Gasteiger charge is 2.33. The Morgan fingerprint density at radius 2 is 2.00 bits per heavy atom. The van der Waals surface area contributed by atoms with Crippen molar-refractivity contribution in [3.05, 3.63) is 29.1 Å². The fourth-order valence-corrected chi connectivity index (χ4v) is 1.40. The molecule has 0 aromatic carbocycles. The Bertz CT molecular complexity index is 352. The van der Waals surface area contributed by atoms with Gasteiger partial charge in [-0.25, -0.2) is 0 Å². The minimum absolute atomic E-state index is 0.251. The van der Waals surface area contributed by atoms with E-state index in [1.54, 1.807) is 0 Å². The number of nitrogens with zero attached hydrogens (tertiary/aromatic N) is 1. The van der Waals surface area contributed by atoms with Crippen molar-refractivity contribution in [2.45, 2.75) is 19.2 Å². The standard InChI is InChI=1S/C9H8F3NO.CH5N/c10-9(11,12)8-3-7-5-14-2-1-6(7)4-13-8;1-2/h3-4H,1-2,5H2;2H2,1H3. The zero-order valence-electron chi connectivity index (χ0n) is 8.84. The van der Waals surface area contributed by atoms with Crippen LogP contribution in [0.15, 0.2) is 12.3 Å². The number of hydrogen-bond donors (Lipinski definition) is 1. The van der Waals surface area contributed by atoms with Crippen molar-refractivity contribution in [1.82, 2.24) is 4.98 Å². The lowest BCUT2D eigenvalue weighted by Crippen LogP contribution is -2.14. The van der Waals surface area contributed by atoms with Gasteiger partial charge in [0.25, 0.3) is 0 Å². The summed E-state index contributed by atoms with van der Waals surface area (Å²) in [4.78, 5) is 3.38. The quantitative estimate of drug-likeness (QED) is 0.744. The molecule has 3 nitrogen and oxygen atoms in total. The summed E-state index contributed by atoms with van der Waals surface area (Å²) < 4.78 is 41.8. The van der Waals surface area contributed by atoms with Crippen molar-refractivity contribution in [2.24, 2.45) is 5.73 Å². The highest BCUT2D eigenvalue weighted by Crippen LogP contribution is 2.29. The molecule has 0 radical (unpaired) electrons. The van der Waals surface area contributed by atoms with Crippen molar-refractivity contribution in [3.63, 3.8) is 0 Å². The van der Waals surface area contributed by atoms with Crippen LogP contribution in [0.25, 0.3) is 0 Å². The second-order valence-corrected chi connectivity index (χ2v) is 3.14. The fraction of sp³-hybridized carbons (Fsp3) is 0.500. The molecule has 0 bridgehead atoms. The van der Waals surface area contributed by atoms with Crippen LogP contribution in [-0.4, -0.2) is 18.6 Å². The Morgan fingerprint density at radius 1 is 1.31 bits per heavy atom. The molecule has 1 aromatic heterocycles. The molecule has 0 saturated heterocycles. The van der Waals surface area contributed by atoms with E-state index in [1.165, 1.54) is 13.2 Å². The molecule has 2 heterocycles. The van der Waals surface area contributed by atoms with E-state index in [0.29, 0.717) is 18.6 Å². The van der Waals surface area contributed by atoms with Gasteiger partial charge >= 0.3 is 6.18 Å². The summed E-state index contributed by atoms with van der Waals surface area (Å²) in [7, 11) is 1.50. The van der Waals surface area contributed by atoms with Crippen LogP contribution in [0, 0.1) is 0 Å². The largest absolute Gasteiger partial charge is 0.433 e. The molecule has 0 fully saturated rings. The van der Waals surface area contributed by atoms with Gasteiger partial charge in [-0.3, -0.25) is 4.98 Å². The number of halogens is 3. The van der Waals surface area contributed by atoms with Crippen LogP contribution in [-0.2, 0) is 23.9 Å². The molecule has 0 saturated carbocycles. The lowest BCUT2D eigenvalue weighted by molar-refractivity contribution is -0.141. The number of rotatable bonds is 0. The number of fused-ring (bicyclic) bond motifs is 1. The monoisotopic (exact) mass is 234 g/mol. The molecule has 0 unspecified atom stereocenters. The predicted molar refractivity (Wildman–Crippen MR) is 52.7 cm³/mol. The van der Waals surface area contributed by atoms with E-state index in [1.807, 2.05) is 0 Å². The normalized spacial score (nSPS) is 14.8. The topological polar surface area (TPSA) is 48.1 Å². The van der Waals surface area contributed by atoms with Crippen LogP contribution in [0.4, 0.5) is 13.2 Å². The SMILES string of the molecule is CN.FC(F)(F)c1cc2c(cn1)CCOC2. The van der Waals surface area contributed by atoms with Gasteiger partial charge in [-0.1, -0.05) is 0 Å². The van der Waals surface area contributed by atoms with Crippen LogP contribution >= 0.6 is 0 Å². The maximum absolute atomic E-state index is 12.3. The van der Waals surface area contributed by atoms with Gasteiger partial charge in [-0.15, -0.1) is 0 Å². The lowest BCUT2D eigenvalue weighted by Gasteiger charge is -2.17. The molecule has 0 atom stereocenters.